The Hall–Kier alpha value is -1.60. The van der Waals surface area contributed by atoms with E-state index >= 15 is 0 Å². The topological polar surface area (TPSA) is 63.2 Å². The van der Waals surface area contributed by atoms with Crippen LogP contribution in [0, 0.1) is 3.57 Å². The largest absolute Gasteiger partial charge is 0.495 e. The number of methoxy groups -OCH3 is 1. The molecule has 0 fully saturated rings. The minimum atomic E-state index is -0.381. The van der Waals surface area contributed by atoms with Crippen LogP contribution < -0.4 is 15.4 Å². The second-order valence-corrected chi connectivity index (χ2v) is 11.0. The summed E-state index contributed by atoms with van der Waals surface area (Å²) in [5.41, 5.74) is 2.97. The van der Waals surface area contributed by atoms with Crippen LogP contribution >= 0.6 is 78.0 Å². The summed E-state index contributed by atoms with van der Waals surface area (Å²) in [6.07, 6.45) is 0. The predicted octanol–water partition coefficient (Wildman–Crippen LogP) is 7.23. The van der Waals surface area contributed by atoms with Crippen molar-refractivity contribution < 1.29 is 9.53 Å². The van der Waals surface area contributed by atoms with E-state index < -0.39 is 0 Å². The number of thiazole rings is 1. The van der Waals surface area contributed by atoms with Gasteiger partial charge in [0.25, 0.3) is 5.91 Å². The van der Waals surface area contributed by atoms with Gasteiger partial charge in [-0.25, -0.2) is 4.98 Å². The Balaban J connectivity index is 1.60. The second kappa shape index (κ2) is 10.1. The Bertz CT molecular complexity index is 1330. The van der Waals surface area contributed by atoms with Gasteiger partial charge in [0.1, 0.15) is 10.8 Å². The lowest BCUT2D eigenvalue weighted by Crippen LogP contribution is -2.34. The fourth-order valence-corrected chi connectivity index (χ4v) is 6.13. The summed E-state index contributed by atoms with van der Waals surface area (Å²) in [5, 5.41) is 6.93. The number of rotatable bonds is 4. The number of fused-ring (bicyclic) bond motifs is 1. The van der Waals surface area contributed by atoms with E-state index in [2.05, 4.69) is 65.1 Å². The Morgan fingerprint density at radius 3 is 2.69 bits per heavy atom. The van der Waals surface area contributed by atoms with Gasteiger partial charge in [0.05, 0.1) is 33.0 Å². The number of anilines is 1. The van der Waals surface area contributed by atoms with E-state index in [1.807, 2.05) is 48.5 Å². The monoisotopic (exact) mass is 701 g/mol. The van der Waals surface area contributed by atoms with Crippen LogP contribution in [0.5, 0.6) is 5.75 Å². The molecule has 0 spiro atoms. The molecule has 4 aromatic rings. The van der Waals surface area contributed by atoms with E-state index in [1.54, 1.807) is 17.4 Å². The summed E-state index contributed by atoms with van der Waals surface area (Å²) in [6.45, 7) is 0. The average molecular weight is 703 g/mol. The molecule has 4 rings (SSSR count). The molecule has 0 aliphatic rings. The van der Waals surface area contributed by atoms with Gasteiger partial charge in [-0.2, -0.15) is 0 Å². The van der Waals surface area contributed by atoms with Gasteiger partial charge in [0, 0.05) is 13.6 Å². The number of carbonyl (C=O) groups excluding carboxylic acids is 1. The van der Waals surface area contributed by atoms with Crippen molar-refractivity contribution in [1.82, 2.24) is 10.3 Å². The minimum Gasteiger partial charge on any atom is -0.495 e. The summed E-state index contributed by atoms with van der Waals surface area (Å²) in [4.78, 5) is 17.6. The van der Waals surface area contributed by atoms with Gasteiger partial charge < -0.3 is 10.1 Å². The smallest absolute Gasteiger partial charge is 0.261 e. The van der Waals surface area contributed by atoms with Crippen molar-refractivity contribution in [2.45, 2.75) is 0 Å². The quantitative estimate of drug-likeness (QED) is 0.174. The van der Waals surface area contributed by atoms with Gasteiger partial charge in [-0.15, -0.1) is 11.3 Å². The molecule has 1 amide bonds. The number of amides is 1. The van der Waals surface area contributed by atoms with Crippen LogP contribution in [0.3, 0.4) is 0 Å². The van der Waals surface area contributed by atoms with Crippen LogP contribution in [-0.4, -0.2) is 23.1 Å². The van der Waals surface area contributed by atoms with E-state index in [0.29, 0.717) is 15.8 Å². The number of nitrogens with zero attached hydrogens (tertiary/aromatic N) is 1. The van der Waals surface area contributed by atoms with E-state index in [1.165, 1.54) is 7.11 Å². The van der Waals surface area contributed by atoms with Crippen LogP contribution in [-0.2, 0) is 0 Å². The minimum absolute atomic E-state index is 0.178. The zero-order chi connectivity index (χ0) is 22.8. The molecule has 0 unspecified atom stereocenters. The van der Waals surface area contributed by atoms with Crippen molar-refractivity contribution in [2.24, 2.45) is 0 Å². The molecule has 1 heterocycles. The summed E-state index contributed by atoms with van der Waals surface area (Å²) >= 11 is 16.1. The summed E-state index contributed by atoms with van der Waals surface area (Å²) in [5.74, 6) is 0.0475. The number of aromatic nitrogens is 1. The molecule has 162 valence electrons. The number of ether oxygens (including phenoxy) is 1. The van der Waals surface area contributed by atoms with Crippen molar-refractivity contribution in [2.75, 3.05) is 12.4 Å². The lowest BCUT2D eigenvalue weighted by Gasteiger charge is -2.15. The summed E-state index contributed by atoms with van der Waals surface area (Å²) < 4.78 is 8.95. The number of thiocarbonyl (C=S) groups is 1. The fraction of sp³-hybridized carbons (Fsp3) is 0.0455. The lowest BCUT2D eigenvalue weighted by molar-refractivity contribution is 0.0974. The van der Waals surface area contributed by atoms with Gasteiger partial charge in [0.2, 0.25) is 0 Å². The summed E-state index contributed by atoms with van der Waals surface area (Å²) in [6, 6.07) is 17.4. The Morgan fingerprint density at radius 2 is 1.94 bits per heavy atom. The highest BCUT2D eigenvalue weighted by molar-refractivity contribution is 14.1. The van der Waals surface area contributed by atoms with Crippen molar-refractivity contribution in [1.29, 1.82) is 0 Å². The lowest BCUT2D eigenvalue weighted by atomic mass is 10.2. The first-order valence-electron chi connectivity index (χ1n) is 9.16. The highest BCUT2D eigenvalue weighted by Crippen LogP contribution is 2.36. The maximum atomic E-state index is 12.9. The molecule has 3 aromatic carbocycles. The number of para-hydroxylation sites is 1. The number of benzene rings is 3. The van der Waals surface area contributed by atoms with Gasteiger partial charge in [0.15, 0.2) is 5.11 Å². The molecular weight excluding hydrogens is 689 g/mol. The zero-order valence-electron chi connectivity index (χ0n) is 16.4. The molecule has 10 heteroatoms. The standard InChI is InChI=1S/C22H14Br2IN3O2S2/c1-30-19-14(8-11(23)9-15(19)24)20(29)28-22(31)27-16-7-6-12(25)10-13(16)21-26-17-4-2-3-5-18(17)32-21/h2-10H,1H3,(H2,27,28,29,31). The van der Waals surface area contributed by atoms with Crippen LogP contribution in [0.1, 0.15) is 10.4 Å². The Morgan fingerprint density at radius 1 is 1.16 bits per heavy atom. The first-order chi connectivity index (χ1) is 15.4. The number of hydrogen-bond acceptors (Lipinski definition) is 5. The molecule has 0 bridgehead atoms. The van der Waals surface area contributed by atoms with Crippen molar-refractivity contribution in [3.8, 4) is 16.3 Å². The molecule has 0 radical (unpaired) electrons. The molecule has 0 saturated carbocycles. The Kier molecular flexibility index (Phi) is 7.45. The van der Waals surface area contributed by atoms with E-state index in [-0.39, 0.29) is 11.0 Å². The number of halogens is 3. The van der Waals surface area contributed by atoms with Crippen LogP contribution in [0.25, 0.3) is 20.8 Å². The highest BCUT2D eigenvalue weighted by atomic mass is 127. The molecule has 5 nitrogen and oxygen atoms in total. The maximum Gasteiger partial charge on any atom is 0.261 e. The number of nitrogens with one attached hydrogen (secondary N) is 2. The van der Waals surface area contributed by atoms with E-state index in [4.69, 9.17) is 21.9 Å². The fourth-order valence-electron chi connectivity index (χ4n) is 3.05. The third kappa shape index (κ3) is 5.14. The Labute approximate surface area is 224 Å². The molecule has 0 atom stereocenters. The maximum absolute atomic E-state index is 12.9. The zero-order valence-corrected chi connectivity index (χ0v) is 23.4. The normalized spacial score (nSPS) is 10.8. The van der Waals surface area contributed by atoms with Crippen molar-refractivity contribution in [3.63, 3.8) is 0 Å². The molecule has 0 aliphatic carbocycles. The second-order valence-electron chi connectivity index (χ2n) is 6.55. The van der Waals surface area contributed by atoms with Gasteiger partial charge >= 0.3 is 0 Å². The van der Waals surface area contributed by atoms with E-state index in [9.17, 15) is 4.79 Å². The van der Waals surface area contributed by atoms with Crippen LogP contribution in [0.15, 0.2) is 63.5 Å². The molecular formula is C22H14Br2IN3O2S2. The molecule has 1 aromatic heterocycles. The highest BCUT2D eigenvalue weighted by Gasteiger charge is 2.18. The van der Waals surface area contributed by atoms with Gasteiger partial charge in [-0.1, -0.05) is 28.1 Å². The number of hydrogen-bond donors (Lipinski definition) is 2. The van der Waals surface area contributed by atoms with Crippen LogP contribution in [0.4, 0.5) is 5.69 Å². The predicted molar refractivity (Wildman–Crippen MR) is 150 cm³/mol. The first kappa shape index (κ1) is 23.6. The first-order valence-corrected chi connectivity index (χ1v) is 13.1. The molecule has 2 N–H and O–H groups in total. The summed E-state index contributed by atoms with van der Waals surface area (Å²) in [7, 11) is 1.51. The third-order valence-corrected chi connectivity index (χ3v) is 7.43. The number of carbonyl (C=O) groups is 1. The van der Waals surface area contributed by atoms with Gasteiger partial charge in [-0.05, 0) is 93.2 Å². The van der Waals surface area contributed by atoms with Crippen molar-refractivity contribution >= 4 is 105 Å². The van der Waals surface area contributed by atoms with Gasteiger partial charge in [-0.3, -0.25) is 10.1 Å². The third-order valence-electron chi connectivity index (χ3n) is 4.44. The average Bonchev–Trinajstić information content (AvgIpc) is 3.18. The molecule has 0 saturated heterocycles. The SMILES string of the molecule is COc1c(Br)cc(Br)cc1C(=O)NC(=S)Nc1ccc(I)cc1-c1nc2ccccc2s1. The van der Waals surface area contributed by atoms with E-state index in [0.717, 1.165) is 34.5 Å². The van der Waals surface area contributed by atoms with Crippen molar-refractivity contribution in [3.05, 3.63) is 72.7 Å². The molecule has 32 heavy (non-hydrogen) atoms. The van der Waals surface area contributed by atoms with Crippen LogP contribution in [0.2, 0.25) is 0 Å². The molecule has 0 aliphatic heterocycles.